The molecule has 0 atom stereocenters. The van der Waals surface area contributed by atoms with Crippen molar-refractivity contribution in [1.82, 2.24) is 30.5 Å². The van der Waals surface area contributed by atoms with Crippen LogP contribution in [0.3, 0.4) is 0 Å². The Morgan fingerprint density at radius 1 is 1.06 bits per heavy atom. The summed E-state index contributed by atoms with van der Waals surface area (Å²) < 4.78 is 11.3. The number of piperidine rings is 1. The predicted molar refractivity (Wildman–Crippen MR) is 120 cm³/mol. The molecule has 33 heavy (non-hydrogen) atoms. The number of aromatic nitrogens is 5. The van der Waals surface area contributed by atoms with Gasteiger partial charge in [0.05, 0.1) is 42.5 Å². The van der Waals surface area contributed by atoms with Gasteiger partial charge >= 0.3 is 0 Å². The average Bonchev–Trinajstić information content (AvgIpc) is 3.39. The highest BCUT2D eigenvalue weighted by Gasteiger charge is 2.35. The highest BCUT2D eigenvalue weighted by Crippen LogP contribution is 2.34. The minimum Gasteiger partial charge on any atom is -0.496 e. The summed E-state index contributed by atoms with van der Waals surface area (Å²) in [7, 11) is 1.59. The van der Waals surface area contributed by atoms with E-state index in [9.17, 15) is 5.26 Å². The minimum atomic E-state index is -0.595. The summed E-state index contributed by atoms with van der Waals surface area (Å²) in [6.07, 6.45) is 6.40. The smallest absolute Gasteiger partial charge is 0.268 e. The number of hydrogen-bond donors (Lipinski definition) is 1. The van der Waals surface area contributed by atoms with E-state index in [-0.39, 0.29) is 5.89 Å². The number of pyridine rings is 1. The van der Waals surface area contributed by atoms with Crippen molar-refractivity contribution in [3.63, 3.8) is 0 Å². The highest BCUT2D eigenvalue weighted by molar-refractivity contribution is 5.65. The Bertz CT molecular complexity index is 1320. The SMILES string of the molecule is COc1ccccc1-c1nnc(-c2cncc(-c3ccnc(C4(C#N)CCNCC4)c3)n2)o1. The van der Waals surface area contributed by atoms with Crippen LogP contribution in [-0.2, 0) is 5.41 Å². The summed E-state index contributed by atoms with van der Waals surface area (Å²) in [4.78, 5) is 13.5. The molecule has 1 aromatic carbocycles. The monoisotopic (exact) mass is 439 g/mol. The van der Waals surface area contributed by atoms with Crippen LogP contribution in [0.25, 0.3) is 34.3 Å². The van der Waals surface area contributed by atoms with Crippen molar-refractivity contribution in [1.29, 1.82) is 5.26 Å². The van der Waals surface area contributed by atoms with E-state index in [0.29, 0.717) is 28.6 Å². The molecule has 5 rings (SSSR count). The van der Waals surface area contributed by atoms with E-state index in [1.54, 1.807) is 25.7 Å². The van der Waals surface area contributed by atoms with Crippen LogP contribution in [0.15, 0.2) is 59.4 Å². The Morgan fingerprint density at radius 3 is 2.67 bits per heavy atom. The number of benzene rings is 1. The second-order valence-corrected chi connectivity index (χ2v) is 7.78. The summed E-state index contributed by atoms with van der Waals surface area (Å²) in [5.41, 5.74) is 2.78. The quantitative estimate of drug-likeness (QED) is 0.498. The second kappa shape index (κ2) is 8.76. The number of ether oxygens (including phenoxy) is 1. The second-order valence-electron chi connectivity index (χ2n) is 7.78. The van der Waals surface area contributed by atoms with E-state index in [1.807, 2.05) is 36.4 Å². The lowest BCUT2D eigenvalue weighted by atomic mass is 9.77. The summed E-state index contributed by atoms with van der Waals surface area (Å²) in [5, 5.41) is 21.5. The van der Waals surface area contributed by atoms with E-state index in [2.05, 4.69) is 36.5 Å². The third kappa shape index (κ3) is 3.92. The van der Waals surface area contributed by atoms with Gasteiger partial charge in [-0.3, -0.25) is 9.97 Å². The molecule has 1 N–H and O–H groups in total. The topological polar surface area (TPSA) is 123 Å². The van der Waals surface area contributed by atoms with E-state index >= 15 is 0 Å². The maximum atomic E-state index is 9.90. The van der Waals surface area contributed by atoms with Crippen LogP contribution < -0.4 is 10.1 Å². The van der Waals surface area contributed by atoms with Crippen molar-refractivity contribution in [3.8, 4) is 46.1 Å². The first-order chi connectivity index (χ1) is 16.2. The van der Waals surface area contributed by atoms with Gasteiger partial charge < -0.3 is 14.5 Å². The van der Waals surface area contributed by atoms with Crippen LogP contribution in [0, 0.1) is 11.3 Å². The fraction of sp³-hybridized carbons (Fsp3) is 0.250. The normalized spacial score (nSPS) is 15.0. The van der Waals surface area contributed by atoms with Gasteiger partial charge in [0.15, 0.2) is 0 Å². The van der Waals surface area contributed by atoms with E-state index in [1.165, 1.54) is 0 Å². The van der Waals surface area contributed by atoms with Crippen molar-refractivity contribution in [2.75, 3.05) is 20.2 Å². The van der Waals surface area contributed by atoms with Crippen LogP contribution in [0.2, 0.25) is 0 Å². The van der Waals surface area contributed by atoms with Gasteiger partial charge in [-0.1, -0.05) is 12.1 Å². The van der Waals surface area contributed by atoms with Crippen LogP contribution in [-0.4, -0.2) is 45.3 Å². The van der Waals surface area contributed by atoms with Crippen LogP contribution >= 0.6 is 0 Å². The van der Waals surface area contributed by atoms with Crippen LogP contribution in [0.4, 0.5) is 0 Å². The molecule has 0 spiro atoms. The number of nitriles is 1. The van der Waals surface area contributed by atoms with Gasteiger partial charge in [0, 0.05) is 11.8 Å². The Morgan fingerprint density at radius 2 is 1.85 bits per heavy atom. The zero-order valence-corrected chi connectivity index (χ0v) is 18.0. The Balaban J connectivity index is 1.48. The maximum absolute atomic E-state index is 9.90. The molecule has 0 aliphatic carbocycles. The summed E-state index contributed by atoms with van der Waals surface area (Å²) in [5.74, 6) is 1.23. The molecule has 0 saturated carbocycles. The standard InChI is InChI=1S/C24H21N7O2/c1-32-20-5-3-2-4-17(20)22-30-31-23(33-22)19-14-27-13-18(29-19)16-6-9-28-21(12-16)24(15-25)7-10-26-11-8-24/h2-6,9,12-14,26H,7-8,10-11H2,1H3. The molecule has 9 nitrogen and oxygen atoms in total. The summed E-state index contributed by atoms with van der Waals surface area (Å²) in [6, 6.07) is 13.7. The number of nitrogens with one attached hydrogen (secondary N) is 1. The van der Waals surface area contributed by atoms with Crippen molar-refractivity contribution in [3.05, 3.63) is 60.7 Å². The lowest BCUT2D eigenvalue weighted by molar-refractivity contribution is 0.375. The Kier molecular flexibility index (Phi) is 5.50. The first-order valence-corrected chi connectivity index (χ1v) is 10.6. The molecule has 9 heteroatoms. The molecule has 1 aliphatic rings. The zero-order chi connectivity index (χ0) is 22.7. The maximum Gasteiger partial charge on any atom is 0.268 e. The predicted octanol–water partition coefficient (Wildman–Crippen LogP) is 3.41. The van der Waals surface area contributed by atoms with Gasteiger partial charge in [0.1, 0.15) is 16.9 Å². The minimum absolute atomic E-state index is 0.256. The van der Waals surface area contributed by atoms with Gasteiger partial charge in [-0.25, -0.2) is 4.98 Å². The molecule has 0 unspecified atom stereocenters. The molecule has 1 fully saturated rings. The number of nitrogens with zero attached hydrogens (tertiary/aromatic N) is 6. The fourth-order valence-electron chi connectivity index (χ4n) is 4.00. The van der Waals surface area contributed by atoms with Crippen LogP contribution in [0.5, 0.6) is 5.75 Å². The lowest BCUT2D eigenvalue weighted by Gasteiger charge is -2.30. The van der Waals surface area contributed by atoms with Crippen molar-refractivity contribution in [2.24, 2.45) is 0 Å². The molecule has 4 aromatic rings. The van der Waals surface area contributed by atoms with Gasteiger partial charge in [0.25, 0.3) is 11.8 Å². The lowest BCUT2D eigenvalue weighted by Crippen LogP contribution is -2.39. The van der Waals surface area contributed by atoms with Crippen molar-refractivity contribution >= 4 is 0 Å². The molecule has 1 saturated heterocycles. The molecule has 0 radical (unpaired) electrons. The zero-order valence-electron chi connectivity index (χ0n) is 18.0. The van der Waals surface area contributed by atoms with Crippen LogP contribution in [0.1, 0.15) is 18.5 Å². The molecule has 3 aromatic heterocycles. The third-order valence-electron chi connectivity index (χ3n) is 5.83. The van der Waals surface area contributed by atoms with Crippen molar-refractivity contribution in [2.45, 2.75) is 18.3 Å². The van der Waals surface area contributed by atoms with E-state index in [4.69, 9.17) is 9.15 Å². The van der Waals surface area contributed by atoms with E-state index < -0.39 is 5.41 Å². The largest absolute Gasteiger partial charge is 0.496 e. The fourth-order valence-corrected chi connectivity index (χ4v) is 4.00. The van der Waals surface area contributed by atoms with Gasteiger partial charge in [-0.2, -0.15) is 5.26 Å². The Hall–Kier alpha value is -4.16. The van der Waals surface area contributed by atoms with Gasteiger partial charge in [0.2, 0.25) is 0 Å². The number of para-hydroxylation sites is 1. The number of methoxy groups -OCH3 is 1. The molecule has 1 aliphatic heterocycles. The summed E-state index contributed by atoms with van der Waals surface area (Å²) >= 11 is 0. The number of hydrogen-bond acceptors (Lipinski definition) is 9. The first kappa shape index (κ1) is 20.7. The first-order valence-electron chi connectivity index (χ1n) is 10.6. The highest BCUT2D eigenvalue weighted by atomic mass is 16.5. The molecule has 0 bridgehead atoms. The molecule has 164 valence electrons. The number of rotatable bonds is 5. The molecular weight excluding hydrogens is 418 g/mol. The Labute approximate surface area is 190 Å². The molecule has 4 heterocycles. The van der Waals surface area contributed by atoms with Gasteiger partial charge in [-0.15, -0.1) is 10.2 Å². The van der Waals surface area contributed by atoms with Crippen molar-refractivity contribution < 1.29 is 9.15 Å². The van der Waals surface area contributed by atoms with Gasteiger partial charge in [-0.05, 0) is 50.2 Å². The molecule has 0 amide bonds. The summed E-state index contributed by atoms with van der Waals surface area (Å²) in [6.45, 7) is 1.58. The van der Waals surface area contributed by atoms with E-state index in [0.717, 1.165) is 37.2 Å². The average molecular weight is 439 g/mol. The molecular formula is C24H21N7O2. The third-order valence-corrected chi connectivity index (χ3v) is 5.83.